The van der Waals surface area contributed by atoms with E-state index in [-0.39, 0.29) is 11.1 Å². The normalized spacial score (nSPS) is 12.8. The van der Waals surface area contributed by atoms with Crippen molar-refractivity contribution in [1.29, 1.82) is 0 Å². The molecule has 1 heteroatoms. The van der Waals surface area contributed by atoms with Crippen molar-refractivity contribution in [1.82, 2.24) is 4.90 Å². The molecule has 0 aliphatic heterocycles. The molecule has 0 amide bonds. The predicted molar refractivity (Wildman–Crippen MR) is 86.3 cm³/mol. The van der Waals surface area contributed by atoms with Gasteiger partial charge in [0.05, 0.1) is 0 Å². The highest BCUT2D eigenvalue weighted by molar-refractivity contribution is 5.63. The molecule has 0 atom stereocenters. The van der Waals surface area contributed by atoms with E-state index in [2.05, 4.69) is 77.3 Å². The van der Waals surface area contributed by atoms with Gasteiger partial charge in [-0.25, -0.2) is 0 Å². The third kappa shape index (κ3) is 4.83. The molecule has 1 aromatic carbocycles. The Morgan fingerprint density at radius 3 is 1.84 bits per heavy atom. The van der Waals surface area contributed by atoms with Gasteiger partial charge in [0.2, 0.25) is 0 Å². The molecule has 1 aromatic rings. The van der Waals surface area contributed by atoms with Gasteiger partial charge in [-0.3, -0.25) is 4.90 Å². The summed E-state index contributed by atoms with van der Waals surface area (Å²) in [5.74, 6) is 0. The number of hydrogen-bond donors (Lipinski definition) is 0. The smallest absolute Gasteiger partial charge is 0.0130 e. The van der Waals surface area contributed by atoms with Gasteiger partial charge in [0.25, 0.3) is 0 Å². The van der Waals surface area contributed by atoms with E-state index >= 15 is 0 Å². The standard InChI is InChI=1S/C18H29N/c1-15(16-11-9-8-10-12-16)13-14-19(17(2,3)4)18(5,6)7/h8-12H,1,13-14H2,2-7H3. The highest BCUT2D eigenvalue weighted by Crippen LogP contribution is 2.27. The second kappa shape index (κ2) is 5.92. The van der Waals surface area contributed by atoms with Gasteiger partial charge in [0, 0.05) is 17.6 Å². The van der Waals surface area contributed by atoms with Crippen LogP contribution < -0.4 is 0 Å². The quantitative estimate of drug-likeness (QED) is 0.736. The Balaban J connectivity index is 2.71. The number of hydrogen-bond acceptors (Lipinski definition) is 1. The third-order valence-corrected chi connectivity index (χ3v) is 3.44. The fraction of sp³-hybridized carbons (Fsp3) is 0.556. The lowest BCUT2D eigenvalue weighted by Crippen LogP contribution is -2.52. The predicted octanol–water partition coefficient (Wildman–Crippen LogP) is 4.99. The van der Waals surface area contributed by atoms with Crippen molar-refractivity contribution in [3.05, 3.63) is 42.5 Å². The van der Waals surface area contributed by atoms with Gasteiger partial charge in [0.1, 0.15) is 0 Å². The summed E-state index contributed by atoms with van der Waals surface area (Å²) in [4.78, 5) is 2.55. The third-order valence-electron chi connectivity index (χ3n) is 3.44. The summed E-state index contributed by atoms with van der Waals surface area (Å²) in [6, 6.07) is 10.5. The van der Waals surface area contributed by atoms with Crippen molar-refractivity contribution in [2.75, 3.05) is 6.54 Å². The van der Waals surface area contributed by atoms with Crippen LogP contribution in [0.25, 0.3) is 5.57 Å². The lowest BCUT2D eigenvalue weighted by atomic mass is 9.94. The molecule has 0 saturated heterocycles. The molecule has 0 aliphatic carbocycles. The molecule has 1 nitrogen and oxygen atoms in total. The summed E-state index contributed by atoms with van der Waals surface area (Å²) < 4.78 is 0. The van der Waals surface area contributed by atoms with E-state index in [0.717, 1.165) is 13.0 Å². The van der Waals surface area contributed by atoms with Gasteiger partial charge in [-0.05, 0) is 59.1 Å². The summed E-state index contributed by atoms with van der Waals surface area (Å²) in [7, 11) is 0. The maximum atomic E-state index is 4.23. The lowest BCUT2D eigenvalue weighted by Gasteiger charge is -2.45. The zero-order chi connectivity index (χ0) is 14.7. The van der Waals surface area contributed by atoms with Crippen molar-refractivity contribution in [2.24, 2.45) is 0 Å². The summed E-state index contributed by atoms with van der Waals surface area (Å²) in [6.07, 6.45) is 1.01. The highest BCUT2D eigenvalue weighted by Gasteiger charge is 2.30. The molecule has 0 aromatic heterocycles. The summed E-state index contributed by atoms with van der Waals surface area (Å²) in [6.45, 7) is 19.0. The zero-order valence-electron chi connectivity index (χ0n) is 13.5. The van der Waals surface area contributed by atoms with Gasteiger partial charge in [-0.2, -0.15) is 0 Å². The molecule has 0 spiro atoms. The first-order valence-electron chi connectivity index (χ1n) is 7.13. The summed E-state index contributed by atoms with van der Waals surface area (Å²) in [5, 5.41) is 0. The maximum absolute atomic E-state index is 4.23. The molecule has 0 saturated carbocycles. The first-order valence-corrected chi connectivity index (χ1v) is 7.13. The van der Waals surface area contributed by atoms with Crippen molar-refractivity contribution in [2.45, 2.75) is 59.0 Å². The van der Waals surface area contributed by atoms with Crippen LogP contribution in [0.2, 0.25) is 0 Å². The molecule has 0 unspecified atom stereocenters. The van der Waals surface area contributed by atoms with E-state index in [1.165, 1.54) is 11.1 Å². The molecule has 106 valence electrons. The Bertz CT molecular complexity index is 390. The Hall–Kier alpha value is -1.08. The van der Waals surface area contributed by atoms with E-state index < -0.39 is 0 Å². The minimum absolute atomic E-state index is 0.176. The molecule has 0 heterocycles. The topological polar surface area (TPSA) is 3.24 Å². The Labute approximate surface area is 119 Å². The van der Waals surface area contributed by atoms with Crippen LogP contribution in [0.15, 0.2) is 36.9 Å². The number of benzene rings is 1. The van der Waals surface area contributed by atoms with Gasteiger partial charge >= 0.3 is 0 Å². The van der Waals surface area contributed by atoms with Crippen LogP contribution in [0, 0.1) is 0 Å². The van der Waals surface area contributed by atoms with Crippen LogP contribution in [0.5, 0.6) is 0 Å². The lowest BCUT2D eigenvalue weighted by molar-refractivity contribution is 0.0411. The highest BCUT2D eigenvalue weighted by atomic mass is 15.2. The maximum Gasteiger partial charge on any atom is 0.0130 e. The largest absolute Gasteiger partial charge is 0.293 e. The van der Waals surface area contributed by atoms with Crippen LogP contribution in [0.3, 0.4) is 0 Å². The van der Waals surface area contributed by atoms with E-state index in [1.54, 1.807) is 0 Å². The zero-order valence-corrected chi connectivity index (χ0v) is 13.5. The minimum Gasteiger partial charge on any atom is -0.293 e. The summed E-state index contributed by atoms with van der Waals surface area (Å²) >= 11 is 0. The van der Waals surface area contributed by atoms with Crippen LogP contribution in [-0.4, -0.2) is 22.5 Å². The molecule has 1 rings (SSSR count). The SMILES string of the molecule is C=C(CCN(C(C)(C)C)C(C)(C)C)c1ccccc1. The van der Waals surface area contributed by atoms with E-state index in [1.807, 2.05) is 6.07 Å². The molecule has 0 aliphatic rings. The Kier molecular flexibility index (Phi) is 4.98. The van der Waals surface area contributed by atoms with Gasteiger partial charge < -0.3 is 0 Å². The molecular formula is C18H29N. The Morgan fingerprint density at radius 2 is 1.42 bits per heavy atom. The van der Waals surface area contributed by atoms with Crippen molar-refractivity contribution in [3.63, 3.8) is 0 Å². The van der Waals surface area contributed by atoms with Gasteiger partial charge in [0.15, 0.2) is 0 Å². The Morgan fingerprint density at radius 1 is 0.947 bits per heavy atom. The number of rotatable bonds is 4. The average Bonchev–Trinajstić information content (AvgIpc) is 2.26. The van der Waals surface area contributed by atoms with Crippen LogP contribution in [-0.2, 0) is 0 Å². The number of nitrogens with zero attached hydrogens (tertiary/aromatic N) is 1. The van der Waals surface area contributed by atoms with Crippen LogP contribution >= 0.6 is 0 Å². The second-order valence-corrected chi connectivity index (χ2v) is 7.21. The van der Waals surface area contributed by atoms with Crippen molar-refractivity contribution < 1.29 is 0 Å². The van der Waals surface area contributed by atoms with E-state index in [9.17, 15) is 0 Å². The molecule has 0 radical (unpaired) electrons. The first-order chi connectivity index (χ1) is 8.62. The second-order valence-electron chi connectivity index (χ2n) is 7.21. The first kappa shape index (κ1) is 16.0. The average molecular weight is 259 g/mol. The molecule has 19 heavy (non-hydrogen) atoms. The molecular weight excluding hydrogens is 230 g/mol. The van der Waals surface area contributed by atoms with Crippen molar-refractivity contribution >= 4 is 5.57 Å². The minimum atomic E-state index is 0.176. The monoisotopic (exact) mass is 259 g/mol. The van der Waals surface area contributed by atoms with Crippen molar-refractivity contribution in [3.8, 4) is 0 Å². The van der Waals surface area contributed by atoms with E-state index in [4.69, 9.17) is 0 Å². The summed E-state index contributed by atoms with van der Waals surface area (Å²) in [5.41, 5.74) is 2.83. The van der Waals surface area contributed by atoms with Crippen LogP contribution in [0.4, 0.5) is 0 Å². The molecule has 0 fully saturated rings. The fourth-order valence-electron chi connectivity index (χ4n) is 2.74. The molecule has 0 N–H and O–H groups in total. The van der Waals surface area contributed by atoms with Gasteiger partial charge in [-0.1, -0.05) is 36.9 Å². The van der Waals surface area contributed by atoms with E-state index in [0.29, 0.717) is 0 Å². The fourth-order valence-corrected chi connectivity index (χ4v) is 2.74. The van der Waals surface area contributed by atoms with Crippen LogP contribution in [0.1, 0.15) is 53.5 Å². The van der Waals surface area contributed by atoms with Gasteiger partial charge in [-0.15, -0.1) is 0 Å². The molecule has 0 bridgehead atoms.